The average molecular weight is 425 g/mol. The maximum atomic E-state index is 13.2. The summed E-state index contributed by atoms with van der Waals surface area (Å²) >= 11 is 0. The summed E-state index contributed by atoms with van der Waals surface area (Å²) in [6.07, 6.45) is 1.69. The molecular weight excluding hydrogens is 396 g/mol. The van der Waals surface area contributed by atoms with Crippen molar-refractivity contribution in [2.45, 2.75) is 36.6 Å². The zero-order valence-corrected chi connectivity index (χ0v) is 18.2. The first-order chi connectivity index (χ1) is 15.7. The number of benzene rings is 3. The molecule has 3 aliphatic rings. The molecule has 4 heteroatoms. The Morgan fingerprint density at radius 3 is 1.81 bits per heavy atom. The van der Waals surface area contributed by atoms with Crippen molar-refractivity contribution in [3.63, 3.8) is 0 Å². The monoisotopic (exact) mass is 424 g/mol. The van der Waals surface area contributed by atoms with Crippen molar-refractivity contribution in [2.24, 2.45) is 0 Å². The van der Waals surface area contributed by atoms with E-state index in [1.807, 2.05) is 23.1 Å². The van der Waals surface area contributed by atoms with Crippen LogP contribution in [-0.2, 0) is 16.1 Å². The number of likely N-dealkylation sites (tertiary alicyclic amines) is 1. The lowest BCUT2D eigenvalue weighted by atomic mass is 9.85. The Labute approximate surface area is 189 Å². The van der Waals surface area contributed by atoms with E-state index in [9.17, 15) is 4.79 Å². The van der Waals surface area contributed by atoms with Gasteiger partial charge >= 0.3 is 0 Å². The van der Waals surface area contributed by atoms with Gasteiger partial charge in [-0.1, -0.05) is 91.0 Å². The smallest absolute Gasteiger partial charge is 0.255 e. The third-order valence-electron chi connectivity index (χ3n) is 7.07. The molecule has 0 unspecified atom stereocenters. The summed E-state index contributed by atoms with van der Waals surface area (Å²) in [4.78, 5) is 17.7. The molecule has 0 N–H and O–H groups in total. The second kappa shape index (κ2) is 7.58. The van der Waals surface area contributed by atoms with Gasteiger partial charge in [0.25, 0.3) is 5.91 Å². The first-order valence-corrected chi connectivity index (χ1v) is 11.5. The Kier molecular flexibility index (Phi) is 4.67. The van der Waals surface area contributed by atoms with Gasteiger partial charge in [0.2, 0.25) is 0 Å². The highest BCUT2D eigenvalue weighted by Crippen LogP contribution is 2.51. The number of hydrogen-bond acceptors (Lipinski definition) is 3. The highest BCUT2D eigenvalue weighted by Gasteiger charge is 2.64. The van der Waals surface area contributed by atoms with Crippen LogP contribution in [0.25, 0.3) is 0 Å². The third-order valence-corrected chi connectivity index (χ3v) is 7.07. The summed E-state index contributed by atoms with van der Waals surface area (Å²) in [5.74, 6) is 0.174. The van der Waals surface area contributed by atoms with Crippen molar-refractivity contribution in [1.29, 1.82) is 0 Å². The standard InChI is InChI=1S/C28H28N2O2/c31-26-28(16-17-28)32-27(19-29(26)18-22-10-4-1-5-11-22)20-30(21-27)25(23-12-6-2-7-13-23)24-14-8-3-9-15-24/h1-15,25H,16-21H2. The highest BCUT2D eigenvalue weighted by atomic mass is 16.5. The van der Waals surface area contributed by atoms with E-state index >= 15 is 0 Å². The van der Waals surface area contributed by atoms with Gasteiger partial charge in [-0.25, -0.2) is 0 Å². The van der Waals surface area contributed by atoms with Crippen molar-refractivity contribution >= 4 is 5.91 Å². The van der Waals surface area contributed by atoms with Crippen LogP contribution in [0, 0.1) is 0 Å². The van der Waals surface area contributed by atoms with E-state index in [4.69, 9.17) is 4.74 Å². The Morgan fingerprint density at radius 2 is 1.28 bits per heavy atom. The van der Waals surface area contributed by atoms with Gasteiger partial charge in [-0.3, -0.25) is 9.69 Å². The van der Waals surface area contributed by atoms with Crippen molar-refractivity contribution in [1.82, 2.24) is 9.80 Å². The molecule has 0 bridgehead atoms. The van der Waals surface area contributed by atoms with Crippen LogP contribution in [-0.4, -0.2) is 46.5 Å². The highest BCUT2D eigenvalue weighted by molar-refractivity contribution is 5.89. The topological polar surface area (TPSA) is 32.8 Å². The van der Waals surface area contributed by atoms with E-state index in [1.165, 1.54) is 16.7 Å². The zero-order valence-electron chi connectivity index (χ0n) is 18.2. The molecular formula is C28H28N2O2. The van der Waals surface area contributed by atoms with E-state index in [-0.39, 0.29) is 17.6 Å². The van der Waals surface area contributed by atoms with Gasteiger partial charge in [-0.2, -0.15) is 0 Å². The fourth-order valence-corrected chi connectivity index (χ4v) is 5.48. The molecule has 3 aromatic carbocycles. The number of carbonyl (C=O) groups excluding carboxylic acids is 1. The Hall–Kier alpha value is -2.95. The Bertz CT molecular complexity index is 1050. The van der Waals surface area contributed by atoms with E-state index in [2.05, 4.69) is 77.7 Å². The minimum Gasteiger partial charge on any atom is -0.354 e. The molecule has 0 radical (unpaired) electrons. The molecule has 162 valence electrons. The fraction of sp³-hybridized carbons (Fsp3) is 0.321. The first kappa shape index (κ1) is 19.7. The van der Waals surface area contributed by atoms with Crippen LogP contribution in [0.4, 0.5) is 0 Å². The lowest BCUT2D eigenvalue weighted by Crippen LogP contribution is -2.73. The van der Waals surface area contributed by atoms with E-state index < -0.39 is 5.60 Å². The van der Waals surface area contributed by atoms with Gasteiger partial charge in [0.15, 0.2) is 0 Å². The lowest BCUT2D eigenvalue weighted by molar-refractivity contribution is -0.230. The predicted octanol–water partition coefficient (Wildman–Crippen LogP) is 4.42. The molecule has 1 aliphatic carbocycles. The largest absolute Gasteiger partial charge is 0.354 e. The minimum absolute atomic E-state index is 0.174. The van der Waals surface area contributed by atoms with E-state index in [0.717, 1.165) is 25.9 Å². The molecule has 1 amide bonds. The molecule has 2 heterocycles. The number of ether oxygens (including phenoxy) is 1. The summed E-state index contributed by atoms with van der Waals surface area (Å²) in [6, 6.07) is 31.9. The predicted molar refractivity (Wildman–Crippen MR) is 124 cm³/mol. The zero-order chi connectivity index (χ0) is 21.6. The fourth-order valence-electron chi connectivity index (χ4n) is 5.48. The Balaban J connectivity index is 1.25. The molecule has 0 aromatic heterocycles. The number of rotatable bonds is 5. The van der Waals surface area contributed by atoms with Crippen LogP contribution in [0.15, 0.2) is 91.0 Å². The molecule has 32 heavy (non-hydrogen) atoms. The first-order valence-electron chi connectivity index (χ1n) is 11.5. The van der Waals surface area contributed by atoms with Crippen LogP contribution in [0.5, 0.6) is 0 Å². The molecule has 1 saturated carbocycles. The SMILES string of the molecule is O=C1N(Cc2ccccc2)CC2(CN(C(c3ccccc3)c3ccccc3)C2)OC12CC2. The lowest BCUT2D eigenvalue weighted by Gasteiger charge is -2.58. The summed E-state index contributed by atoms with van der Waals surface area (Å²) in [6.45, 7) is 2.99. The van der Waals surface area contributed by atoms with Crippen LogP contribution in [0.2, 0.25) is 0 Å². The quantitative estimate of drug-likeness (QED) is 0.608. The number of morpholine rings is 1. The van der Waals surface area contributed by atoms with E-state index in [1.54, 1.807) is 0 Å². The number of nitrogens with zero attached hydrogens (tertiary/aromatic N) is 2. The van der Waals surface area contributed by atoms with Crippen LogP contribution in [0.3, 0.4) is 0 Å². The van der Waals surface area contributed by atoms with Crippen molar-refractivity contribution in [3.8, 4) is 0 Å². The number of hydrogen-bond donors (Lipinski definition) is 0. The van der Waals surface area contributed by atoms with Crippen molar-refractivity contribution in [2.75, 3.05) is 19.6 Å². The van der Waals surface area contributed by atoms with Gasteiger partial charge < -0.3 is 9.64 Å². The number of carbonyl (C=O) groups is 1. The van der Waals surface area contributed by atoms with Gasteiger partial charge in [0.05, 0.1) is 12.6 Å². The van der Waals surface area contributed by atoms with Crippen LogP contribution < -0.4 is 0 Å². The van der Waals surface area contributed by atoms with Gasteiger partial charge in [-0.05, 0) is 29.5 Å². The normalized spacial score (nSPS) is 21.2. The van der Waals surface area contributed by atoms with Crippen molar-refractivity contribution in [3.05, 3.63) is 108 Å². The molecule has 2 saturated heterocycles. The summed E-state index contributed by atoms with van der Waals surface area (Å²) < 4.78 is 6.61. The van der Waals surface area contributed by atoms with Crippen LogP contribution in [0.1, 0.15) is 35.6 Å². The van der Waals surface area contributed by atoms with Gasteiger partial charge in [-0.15, -0.1) is 0 Å². The molecule has 3 fully saturated rings. The van der Waals surface area contributed by atoms with Crippen molar-refractivity contribution < 1.29 is 9.53 Å². The summed E-state index contributed by atoms with van der Waals surface area (Å²) in [5.41, 5.74) is 2.91. The molecule has 4 nitrogen and oxygen atoms in total. The molecule has 2 aliphatic heterocycles. The van der Waals surface area contributed by atoms with Crippen LogP contribution >= 0.6 is 0 Å². The molecule has 6 rings (SSSR count). The summed E-state index contributed by atoms with van der Waals surface area (Å²) in [7, 11) is 0. The number of amides is 1. The van der Waals surface area contributed by atoms with Gasteiger partial charge in [0, 0.05) is 19.6 Å². The maximum absolute atomic E-state index is 13.2. The molecule has 2 spiro atoms. The third kappa shape index (κ3) is 3.44. The van der Waals surface area contributed by atoms with Gasteiger partial charge in [0.1, 0.15) is 11.2 Å². The second-order valence-electron chi connectivity index (χ2n) is 9.56. The summed E-state index contributed by atoms with van der Waals surface area (Å²) in [5, 5.41) is 0. The second-order valence-corrected chi connectivity index (χ2v) is 9.56. The molecule has 0 atom stereocenters. The average Bonchev–Trinajstić information content (AvgIpc) is 3.58. The molecule has 3 aromatic rings. The Morgan fingerprint density at radius 1 is 0.750 bits per heavy atom. The van der Waals surface area contributed by atoms with E-state index in [0.29, 0.717) is 13.1 Å². The maximum Gasteiger partial charge on any atom is 0.255 e. The minimum atomic E-state index is -0.575.